The maximum atomic E-state index is 5.24. The fraction of sp³-hybridized carbons (Fsp3) is 0.615. The maximum absolute atomic E-state index is 5.24. The summed E-state index contributed by atoms with van der Waals surface area (Å²) < 4.78 is 5.24. The van der Waals surface area contributed by atoms with E-state index >= 15 is 0 Å². The molecule has 0 aliphatic heterocycles. The van der Waals surface area contributed by atoms with E-state index < -0.39 is 0 Å². The van der Waals surface area contributed by atoms with E-state index in [0.717, 1.165) is 23.9 Å². The molecule has 1 aromatic rings. The number of ether oxygens (including phenoxy) is 1. The van der Waals surface area contributed by atoms with Gasteiger partial charge in [0.1, 0.15) is 0 Å². The van der Waals surface area contributed by atoms with Crippen molar-refractivity contribution in [2.24, 2.45) is 5.92 Å². The summed E-state index contributed by atoms with van der Waals surface area (Å²) in [4.78, 5) is 4.20. The van der Waals surface area contributed by atoms with Gasteiger partial charge in [0.25, 0.3) is 0 Å². The van der Waals surface area contributed by atoms with Gasteiger partial charge in [0.05, 0.1) is 7.11 Å². The lowest BCUT2D eigenvalue weighted by atomic mass is 10.1. The van der Waals surface area contributed by atoms with Crippen LogP contribution < -0.4 is 10.1 Å². The molecule has 0 amide bonds. The Hall–Kier alpha value is -1.09. The highest BCUT2D eigenvalue weighted by atomic mass is 16.5. The first kappa shape index (κ1) is 11.4. The van der Waals surface area contributed by atoms with Crippen molar-refractivity contribution >= 4 is 0 Å². The first-order valence-electron chi connectivity index (χ1n) is 6.02. The first-order valence-corrected chi connectivity index (χ1v) is 6.02. The molecule has 0 spiro atoms. The highest BCUT2D eigenvalue weighted by molar-refractivity contribution is 5.25. The van der Waals surface area contributed by atoms with Crippen LogP contribution in [-0.2, 0) is 6.54 Å². The molecular weight excluding hydrogens is 200 g/mol. The highest BCUT2D eigenvalue weighted by Crippen LogP contribution is 2.25. The Bertz CT molecular complexity index is 340. The lowest BCUT2D eigenvalue weighted by Gasteiger charge is -2.17. The smallest absolute Gasteiger partial charge is 0.217 e. The first-order chi connectivity index (χ1) is 7.81. The van der Waals surface area contributed by atoms with E-state index in [2.05, 4.69) is 23.3 Å². The van der Waals surface area contributed by atoms with E-state index in [1.54, 1.807) is 13.3 Å². The van der Waals surface area contributed by atoms with Crippen LogP contribution in [0.5, 0.6) is 5.88 Å². The van der Waals surface area contributed by atoms with Crippen LogP contribution in [0.15, 0.2) is 18.3 Å². The van der Waals surface area contributed by atoms with E-state index in [-0.39, 0.29) is 0 Å². The monoisotopic (exact) mass is 220 g/mol. The fourth-order valence-corrected chi connectivity index (χ4v) is 2.43. The third-order valence-corrected chi connectivity index (χ3v) is 3.46. The summed E-state index contributed by atoms with van der Waals surface area (Å²) in [5.74, 6) is 1.53. The van der Waals surface area contributed by atoms with Gasteiger partial charge in [0.2, 0.25) is 5.88 Å². The van der Waals surface area contributed by atoms with Crippen molar-refractivity contribution in [3.05, 3.63) is 23.9 Å². The number of nitrogens with one attached hydrogen (secondary N) is 1. The van der Waals surface area contributed by atoms with Crippen molar-refractivity contribution in [2.45, 2.75) is 38.8 Å². The molecule has 1 N–H and O–H groups in total. The van der Waals surface area contributed by atoms with Gasteiger partial charge >= 0.3 is 0 Å². The molecule has 2 rings (SSSR count). The van der Waals surface area contributed by atoms with Crippen LogP contribution in [0.3, 0.4) is 0 Å². The molecule has 1 saturated carbocycles. The van der Waals surface area contributed by atoms with Crippen molar-refractivity contribution in [3.63, 3.8) is 0 Å². The summed E-state index contributed by atoms with van der Waals surface area (Å²) >= 11 is 0. The number of methoxy groups -OCH3 is 1. The van der Waals surface area contributed by atoms with Crippen LogP contribution in [0.4, 0.5) is 0 Å². The SMILES string of the molecule is COc1ncccc1CNC1CCCC1C. The van der Waals surface area contributed by atoms with Gasteiger partial charge in [-0.2, -0.15) is 0 Å². The minimum absolute atomic E-state index is 0.657. The van der Waals surface area contributed by atoms with Gasteiger partial charge in [-0.05, 0) is 24.8 Å². The van der Waals surface area contributed by atoms with E-state index in [1.165, 1.54) is 19.3 Å². The molecule has 3 heteroatoms. The van der Waals surface area contributed by atoms with Gasteiger partial charge in [-0.1, -0.05) is 19.4 Å². The molecule has 0 radical (unpaired) electrons. The van der Waals surface area contributed by atoms with Crippen molar-refractivity contribution in [3.8, 4) is 5.88 Å². The largest absolute Gasteiger partial charge is 0.481 e. The Labute approximate surface area is 97.2 Å². The van der Waals surface area contributed by atoms with Gasteiger partial charge < -0.3 is 10.1 Å². The molecule has 16 heavy (non-hydrogen) atoms. The molecule has 0 saturated heterocycles. The van der Waals surface area contributed by atoms with Crippen LogP contribution in [0.1, 0.15) is 31.7 Å². The van der Waals surface area contributed by atoms with Crippen LogP contribution in [-0.4, -0.2) is 18.1 Å². The molecule has 2 atom stereocenters. The molecule has 1 fully saturated rings. The van der Waals surface area contributed by atoms with Crippen molar-refractivity contribution in [1.82, 2.24) is 10.3 Å². The molecular formula is C13H20N2O. The quantitative estimate of drug-likeness (QED) is 0.846. The van der Waals surface area contributed by atoms with Gasteiger partial charge in [0.15, 0.2) is 0 Å². The molecule has 1 heterocycles. The minimum atomic E-state index is 0.657. The molecule has 0 aromatic carbocycles. The van der Waals surface area contributed by atoms with Gasteiger partial charge in [0, 0.05) is 24.3 Å². The Balaban J connectivity index is 1.93. The van der Waals surface area contributed by atoms with Crippen molar-refractivity contribution in [1.29, 1.82) is 0 Å². The zero-order valence-corrected chi connectivity index (χ0v) is 10.1. The summed E-state index contributed by atoms with van der Waals surface area (Å²) in [6.07, 6.45) is 5.76. The third-order valence-electron chi connectivity index (χ3n) is 3.46. The summed E-state index contributed by atoms with van der Waals surface area (Å²) in [5, 5.41) is 3.60. The number of nitrogens with zero attached hydrogens (tertiary/aromatic N) is 1. The predicted octanol–water partition coefficient (Wildman–Crippen LogP) is 2.37. The van der Waals surface area contributed by atoms with Gasteiger partial charge in [-0.15, -0.1) is 0 Å². The van der Waals surface area contributed by atoms with E-state index in [4.69, 9.17) is 4.74 Å². The summed E-state index contributed by atoms with van der Waals surface area (Å²) in [6, 6.07) is 4.68. The molecule has 0 bridgehead atoms. The average Bonchev–Trinajstić information content (AvgIpc) is 2.72. The molecule has 88 valence electrons. The van der Waals surface area contributed by atoms with Gasteiger partial charge in [-0.25, -0.2) is 4.98 Å². The van der Waals surface area contributed by atoms with E-state index in [1.807, 2.05) is 6.07 Å². The number of rotatable bonds is 4. The average molecular weight is 220 g/mol. The maximum Gasteiger partial charge on any atom is 0.217 e. The second-order valence-electron chi connectivity index (χ2n) is 4.57. The lowest BCUT2D eigenvalue weighted by Crippen LogP contribution is -2.30. The standard InChI is InChI=1S/C13H20N2O/c1-10-5-3-7-12(10)15-9-11-6-4-8-14-13(11)16-2/h4,6,8,10,12,15H,3,5,7,9H2,1-2H3. The van der Waals surface area contributed by atoms with Crippen molar-refractivity contribution < 1.29 is 4.74 Å². The minimum Gasteiger partial charge on any atom is -0.481 e. The summed E-state index contributed by atoms with van der Waals surface area (Å²) in [5.41, 5.74) is 1.14. The van der Waals surface area contributed by atoms with Crippen LogP contribution in [0.25, 0.3) is 0 Å². The Morgan fingerprint density at radius 2 is 2.38 bits per heavy atom. The summed E-state index contributed by atoms with van der Waals surface area (Å²) in [6.45, 7) is 3.18. The van der Waals surface area contributed by atoms with Gasteiger partial charge in [-0.3, -0.25) is 0 Å². The number of hydrogen-bond donors (Lipinski definition) is 1. The predicted molar refractivity (Wildman–Crippen MR) is 64.4 cm³/mol. The number of hydrogen-bond acceptors (Lipinski definition) is 3. The molecule has 1 aliphatic rings. The fourth-order valence-electron chi connectivity index (χ4n) is 2.43. The Morgan fingerprint density at radius 1 is 1.50 bits per heavy atom. The molecule has 1 aliphatic carbocycles. The van der Waals surface area contributed by atoms with E-state index in [0.29, 0.717) is 6.04 Å². The Morgan fingerprint density at radius 3 is 3.06 bits per heavy atom. The van der Waals surface area contributed by atoms with Crippen LogP contribution in [0, 0.1) is 5.92 Å². The highest BCUT2D eigenvalue weighted by Gasteiger charge is 2.22. The molecule has 3 nitrogen and oxygen atoms in total. The zero-order valence-electron chi connectivity index (χ0n) is 10.1. The zero-order chi connectivity index (χ0) is 11.4. The number of aromatic nitrogens is 1. The van der Waals surface area contributed by atoms with Crippen LogP contribution in [0.2, 0.25) is 0 Å². The summed E-state index contributed by atoms with van der Waals surface area (Å²) in [7, 11) is 1.67. The Kier molecular flexibility index (Phi) is 3.78. The van der Waals surface area contributed by atoms with Crippen LogP contribution >= 0.6 is 0 Å². The topological polar surface area (TPSA) is 34.1 Å². The second-order valence-corrected chi connectivity index (χ2v) is 4.57. The van der Waals surface area contributed by atoms with Crippen molar-refractivity contribution in [2.75, 3.05) is 7.11 Å². The molecule has 1 aromatic heterocycles. The second kappa shape index (κ2) is 5.30. The normalized spacial score (nSPS) is 24.6. The molecule has 2 unspecified atom stereocenters. The lowest BCUT2D eigenvalue weighted by molar-refractivity contribution is 0.381. The van der Waals surface area contributed by atoms with E-state index in [9.17, 15) is 0 Å². The number of pyridine rings is 1. The third kappa shape index (κ3) is 2.53.